The van der Waals surface area contributed by atoms with Crippen molar-refractivity contribution in [3.8, 4) is 5.75 Å². The number of alkyl carbamates (subject to hydrolysis) is 1. The molecule has 10 heteroatoms. The number of benzene rings is 1. The third-order valence-electron chi connectivity index (χ3n) is 11.0. The van der Waals surface area contributed by atoms with Gasteiger partial charge in [0.1, 0.15) is 11.9 Å². The number of nitrogens with zero attached hydrogens (tertiary/aromatic N) is 2. The molecule has 254 valence electrons. The van der Waals surface area contributed by atoms with Crippen LogP contribution in [-0.4, -0.2) is 81.0 Å². The number of amides is 1. The molecular formula is C36H55N3O5SSi. The van der Waals surface area contributed by atoms with E-state index in [1.807, 2.05) is 42.2 Å². The van der Waals surface area contributed by atoms with E-state index in [1.165, 1.54) is 44.9 Å². The molecule has 1 aliphatic carbocycles. The van der Waals surface area contributed by atoms with Crippen LogP contribution in [0.5, 0.6) is 5.75 Å². The van der Waals surface area contributed by atoms with E-state index >= 15 is 0 Å². The van der Waals surface area contributed by atoms with Crippen LogP contribution >= 0.6 is 11.8 Å². The van der Waals surface area contributed by atoms with Crippen LogP contribution < -0.4 is 10.1 Å². The number of carbonyl (C=O) groups is 1. The molecule has 2 bridgehead atoms. The normalized spacial score (nSPS) is 31.0. The van der Waals surface area contributed by atoms with E-state index in [1.54, 1.807) is 7.11 Å². The van der Waals surface area contributed by atoms with Gasteiger partial charge in [0.25, 0.3) is 0 Å². The van der Waals surface area contributed by atoms with Crippen molar-refractivity contribution >= 4 is 37.3 Å². The molecule has 5 heterocycles. The first-order valence-corrected chi connectivity index (χ1v) is 21.5. The van der Waals surface area contributed by atoms with Gasteiger partial charge < -0.3 is 23.6 Å². The molecule has 2 aromatic rings. The molecule has 7 atom stereocenters. The highest BCUT2D eigenvalue weighted by atomic mass is 32.2. The first-order valence-electron chi connectivity index (χ1n) is 18.1. The van der Waals surface area contributed by atoms with Crippen LogP contribution in [0.3, 0.4) is 0 Å². The summed E-state index contributed by atoms with van der Waals surface area (Å²) >= 11 is 1.97. The third kappa shape index (κ3) is 7.88. The van der Waals surface area contributed by atoms with Gasteiger partial charge in [-0.05, 0) is 111 Å². The Hall–Kier alpha value is -1.85. The molecule has 1 aromatic carbocycles. The maximum atomic E-state index is 13.3. The average Bonchev–Trinajstić information content (AvgIpc) is 3.47. The number of carbonyl (C=O) groups excluding carboxylic acids is 1. The molecule has 1 saturated carbocycles. The number of hydrogen-bond acceptors (Lipinski definition) is 8. The maximum absolute atomic E-state index is 13.3. The Morgan fingerprint density at radius 3 is 2.65 bits per heavy atom. The minimum Gasteiger partial charge on any atom is -0.497 e. The van der Waals surface area contributed by atoms with E-state index in [9.17, 15) is 4.79 Å². The predicted molar refractivity (Wildman–Crippen MR) is 188 cm³/mol. The van der Waals surface area contributed by atoms with Crippen LogP contribution in [0.25, 0.3) is 10.9 Å². The molecule has 5 aliphatic rings. The standard InChI is InChI=1S/C36H55N3O5SSi/c1-4-10-27-25-39-19-16-26(27)23-32(39)35(29-15-18-37-31-14-13-28(41-3)24-30(29)31)42-36(40)38-17-8-20-45-21-9-22-46(5-2)43-33-11-6-7-12-34(33)44-46/h13-15,18,24,26-27,32-35H,4-12,16-17,19-23,25H2,1-3H3,(H,38,40). The van der Waals surface area contributed by atoms with Crippen LogP contribution in [-0.2, 0) is 13.6 Å². The number of hydrogen-bond donors (Lipinski definition) is 1. The average molecular weight is 670 g/mol. The fourth-order valence-corrected chi connectivity index (χ4v) is 13.0. The lowest BCUT2D eigenvalue weighted by Crippen LogP contribution is -2.56. The van der Waals surface area contributed by atoms with Gasteiger partial charge in [0.2, 0.25) is 0 Å². The number of aromatic nitrogens is 1. The minimum absolute atomic E-state index is 0.164. The van der Waals surface area contributed by atoms with E-state index < -0.39 is 8.56 Å². The van der Waals surface area contributed by atoms with E-state index in [-0.39, 0.29) is 18.2 Å². The lowest BCUT2D eigenvalue weighted by Gasteiger charge is -2.52. The summed E-state index contributed by atoms with van der Waals surface area (Å²) in [6.45, 7) is 7.31. The van der Waals surface area contributed by atoms with Crippen molar-refractivity contribution in [1.82, 2.24) is 15.2 Å². The van der Waals surface area contributed by atoms with Gasteiger partial charge in [0.15, 0.2) is 0 Å². The molecule has 1 aromatic heterocycles. The molecular weight excluding hydrogens is 615 g/mol. The molecule has 0 spiro atoms. The van der Waals surface area contributed by atoms with Crippen molar-refractivity contribution in [1.29, 1.82) is 0 Å². The zero-order valence-electron chi connectivity index (χ0n) is 28.2. The molecule has 4 aliphatic heterocycles. The molecule has 4 saturated heterocycles. The minimum atomic E-state index is -2.02. The Labute approximate surface area is 281 Å². The summed E-state index contributed by atoms with van der Waals surface area (Å²) in [6, 6.07) is 10.3. The summed E-state index contributed by atoms with van der Waals surface area (Å²) in [5.41, 5.74) is 1.91. The van der Waals surface area contributed by atoms with Crippen LogP contribution in [0.1, 0.15) is 89.7 Å². The Kier molecular flexibility index (Phi) is 11.9. The van der Waals surface area contributed by atoms with Gasteiger partial charge in [-0.25, -0.2) is 4.79 Å². The fourth-order valence-electron chi connectivity index (χ4n) is 8.50. The molecule has 5 fully saturated rings. The summed E-state index contributed by atoms with van der Waals surface area (Å²) in [4.78, 5) is 20.5. The predicted octanol–water partition coefficient (Wildman–Crippen LogP) is 7.85. The summed E-state index contributed by atoms with van der Waals surface area (Å²) in [5, 5.41) is 4.07. The highest BCUT2D eigenvalue weighted by Gasteiger charge is 2.49. The quantitative estimate of drug-likeness (QED) is 0.152. The molecule has 1 N–H and O–H groups in total. The molecule has 0 radical (unpaired) electrons. The zero-order chi connectivity index (χ0) is 31.9. The number of ether oxygens (including phenoxy) is 2. The van der Waals surface area contributed by atoms with E-state index in [4.69, 9.17) is 18.3 Å². The Morgan fingerprint density at radius 1 is 1.13 bits per heavy atom. The molecule has 7 unspecified atom stereocenters. The second-order valence-electron chi connectivity index (χ2n) is 13.9. The van der Waals surface area contributed by atoms with Crippen molar-refractivity contribution in [2.45, 2.75) is 114 Å². The van der Waals surface area contributed by atoms with Crippen molar-refractivity contribution in [3.63, 3.8) is 0 Å². The lowest BCUT2D eigenvalue weighted by molar-refractivity contribution is -0.0614. The van der Waals surface area contributed by atoms with E-state index in [0.29, 0.717) is 24.7 Å². The number of piperidine rings is 3. The van der Waals surface area contributed by atoms with E-state index in [0.717, 1.165) is 84.1 Å². The van der Waals surface area contributed by atoms with Gasteiger partial charge in [-0.1, -0.05) is 33.1 Å². The van der Waals surface area contributed by atoms with Crippen molar-refractivity contribution in [3.05, 3.63) is 36.0 Å². The van der Waals surface area contributed by atoms with Crippen LogP contribution in [0, 0.1) is 11.8 Å². The zero-order valence-corrected chi connectivity index (χ0v) is 30.0. The van der Waals surface area contributed by atoms with Crippen molar-refractivity contribution in [2.24, 2.45) is 11.8 Å². The molecule has 7 rings (SSSR count). The topological polar surface area (TPSA) is 82.2 Å². The van der Waals surface area contributed by atoms with Gasteiger partial charge in [-0.3, -0.25) is 9.88 Å². The molecule has 46 heavy (non-hydrogen) atoms. The number of fused-ring (bicyclic) bond motifs is 5. The summed E-state index contributed by atoms with van der Waals surface area (Å²) in [6.07, 6.45) is 13.7. The number of nitrogens with one attached hydrogen (secondary N) is 1. The second kappa shape index (κ2) is 16.0. The van der Waals surface area contributed by atoms with E-state index in [2.05, 4.69) is 29.0 Å². The number of rotatable bonds is 15. The van der Waals surface area contributed by atoms with Gasteiger partial charge in [0, 0.05) is 30.2 Å². The lowest BCUT2D eigenvalue weighted by atomic mass is 9.72. The SMILES string of the molecule is CCCC1CN2CCC1CC2C(OC(=O)NCCCSCCC[Si]1(CC)OC2CCCCC2O1)c1ccnc2ccc(OC)cc12. The Bertz CT molecular complexity index is 1290. The van der Waals surface area contributed by atoms with Gasteiger partial charge in [-0.15, -0.1) is 0 Å². The maximum Gasteiger partial charge on any atom is 0.407 e. The van der Waals surface area contributed by atoms with Gasteiger partial charge in [0.05, 0.1) is 30.9 Å². The number of thioether (sulfide) groups is 1. The fraction of sp³-hybridized carbons (Fsp3) is 0.722. The first kappa shape index (κ1) is 34.0. The number of methoxy groups -OCH3 is 1. The third-order valence-corrected chi connectivity index (χ3v) is 15.8. The van der Waals surface area contributed by atoms with Crippen LogP contribution in [0.15, 0.2) is 30.5 Å². The highest BCUT2D eigenvalue weighted by molar-refractivity contribution is 7.99. The summed E-state index contributed by atoms with van der Waals surface area (Å²) < 4.78 is 25.1. The van der Waals surface area contributed by atoms with Gasteiger partial charge >= 0.3 is 14.7 Å². The van der Waals surface area contributed by atoms with Crippen LogP contribution in [0.2, 0.25) is 12.1 Å². The Morgan fingerprint density at radius 2 is 1.93 bits per heavy atom. The molecule has 1 amide bonds. The highest BCUT2D eigenvalue weighted by Crippen LogP contribution is 2.45. The van der Waals surface area contributed by atoms with Crippen LogP contribution in [0.4, 0.5) is 4.79 Å². The monoisotopic (exact) mass is 669 g/mol. The largest absolute Gasteiger partial charge is 0.497 e. The summed E-state index contributed by atoms with van der Waals surface area (Å²) in [5.74, 6) is 4.34. The molecule has 8 nitrogen and oxygen atoms in total. The second-order valence-corrected chi connectivity index (χ2v) is 18.6. The Balaban J connectivity index is 1.01. The number of pyridine rings is 1. The first-order chi connectivity index (χ1) is 22.5. The van der Waals surface area contributed by atoms with Crippen molar-refractivity contribution in [2.75, 3.05) is 38.2 Å². The van der Waals surface area contributed by atoms with Gasteiger partial charge in [-0.2, -0.15) is 11.8 Å². The smallest absolute Gasteiger partial charge is 0.407 e. The van der Waals surface area contributed by atoms with Crippen molar-refractivity contribution < 1.29 is 23.1 Å². The summed E-state index contributed by atoms with van der Waals surface area (Å²) in [7, 11) is -0.336.